The van der Waals surface area contributed by atoms with E-state index in [1.165, 1.54) is 12.8 Å². The molecule has 0 saturated carbocycles. The van der Waals surface area contributed by atoms with Crippen molar-refractivity contribution < 1.29 is 5.11 Å². The topological polar surface area (TPSA) is 20.2 Å². The van der Waals surface area contributed by atoms with E-state index in [2.05, 4.69) is 20.8 Å². The van der Waals surface area contributed by atoms with Crippen molar-refractivity contribution in [2.45, 2.75) is 59.0 Å². The first-order chi connectivity index (χ1) is 6.04. The number of aliphatic hydroxyl groups excluding tert-OH is 1. The van der Waals surface area contributed by atoms with E-state index >= 15 is 0 Å². The molecule has 0 rings (SSSR count). The third-order valence-corrected chi connectivity index (χ3v) is 2.96. The van der Waals surface area contributed by atoms with Gasteiger partial charge in [0.15, 0.2) is 0 Å². The Morgan fingerprint density at radius 2 is 1.92 bits per heavy atom. The minimum atomic E-state index is -0.196. The van der Waals surface area contributed by atoms with Gasteiger partial charge in [-0.3, -0.25) is 0 Å². The first-order valence-corrected chi connectivity index (χ1v) is 5.82. The van der Waals surface area contributed by atoms with Gasteiger partial charge in [0.25, 0.3) is 0 Å². The molecule has 0 unspecified atom stereocenters. The van der Waals surface area contributed by atoms with Gasteiger partial charge in [-0.05, 0) is 24.7 Å². The molecule has 0 saturated heterocycles. The lowest BCUT2D eigenvalue weighted by Gasteiger charge is -2.30. The quantitative estimate of drug-likeness (QED) is 0.632. The van der Waals surface area contributed by atoms with Crippen molar-refractivity contribution in [1.29, 1.82) is 0 Å². The van der Waals surface area contributed by atoms with Crippen LogP contribution in [-0.4, -0.2) is 17.1 Å². The average molecular weight is 207 g/mol. The van der Waals surface area contributed by atoms with Crippen LogP contribution in [0.2, 0.25) is 0 Å². The lowest BCUT2D eigenvalue weighted by molar-refractivity contribution is 0.0354. The zero-order valence-corrected chi connectivity index (χ0v) is 9.90. The summed E-state index contributed by atoms with van der Waals surface area (Å²) in [4.78, 5) is 0. The van der Waals surface area contributed by atoms with Crippen molar-refractivity contribution in [1.82, 2.24) is 0 Å². The van der Waals surface area contributed by atoms with Crippen LogP contribution in [0.3, 0.4) is 0 Å². The minimum Gasteiger partial charge on any atom is -0.393 e. The van der Waals surface area contributed by atoms with Crippen LogP contribution in [0.1, 0.15) is 52.9 Å². The smallest absolute Gasteiger partial charge is 0.0591 e. The summed E-state index contributed by atoms with van der Waals surface area (Å²) in [5, 5.41) is 9.88. The highest BCUT2D eigenvalue weighted by Crippen LogP contribution is 2.30. The molecule has 1 atom stereocenters. The van der Waals surface area contributed by atoms with E-state index < -0.39 is 0 Å². The molecule has 0 aliphatic rings. The fourth-order valence-corrected chi connectivity index (χ4v) is 1.61. The molecule has 1 nitrogen and oxygen atoms in total. The molecule has 1 N–H and O–H groups in total. The third kappa shape index (κ3) is 5.53. The normalized spacial score (nSPS) is 14.5. The molecule has 2 heteroatoms. The highest BCUT2D eigenvalue weighted by Gasteiger charge is 2.26. The molecule has 0 heterocycles. The summed E-state index contributed by atoms with van der Waals surface area (Å²) in [6.45, 7) is 6.46. The maximum Gasteiger partial charge on any atom is 0.0591 e. The molecule has 13 heavy (non-hydrogen) atoms. The molecule has 0 aromatic rings. The molecule has 0 aliphatic heterocycles. The number of alkyl halides is 1. The van der Waals surface area contributed by atoms with Gasteiger partial charge in [0.1, 0.15) is 0 Å². The fraction of sp³-hybridized carbons (Fsp3) is 1.00. The number of aliphatic hydroxyl groups is 1. The Balaban J connectivity index is 3.80. The van der Waals surface area contributed by atoms with Gasteiger partial charge < -0.3 is 5.11 Å². The summed E-state index contributed by atoms with van der Waals surface area (Å²) in [6.07, 6.45) is 5.06. The van der Waals surface area contributed by atoms with Crippen LogP contribution in [0.15, 0.2) is 0 Å². The van der Waals surface area contributed by atoms with Crippen molar-refractivity contribution in [3.05, 3.63) is 0 Å². The van der Waals surface area contributed by atoms with E-state index in [0.29, 0.717) is 5.88 Å². The van der Waals surface area contributed by atoms with E-state index in [1.807, 2.05) is 0 Å². The monoisotopic (exact) mass is 206 g/mol. The molecule has 0 radical (unpaired) electrons. The zero-order chi connectivity index (χ0) is 10.3. The SMILES string of the molecule is CCCCC(C)(C)[C@H](O)CCCCl. The van der Waals surface area contributed by atoms with Crippen LogP contribution in [0, 0.1) is 5.41 Å². The highest BCUT2D eigenvalue weighted by molar-refractivity contribution is 6.17. The summed E-state index contributed by atoms with van der Waals surface area (Å²) in [5.74, 6) is 0.654. The second-order valence-corrected chi connectivity index (χ2v) is 4.82. The van der Waals surface area contributed by atoms with E-state index in [-0.39, 0.29) is 11.5 Å². The van der Waals surface area contributed by atoms with Gasteiger partial charge >= 0.3 is 0 Å². The number of unbranched alkanes of at least 4 members (excludes halogenated alkanes) is 1. The Morgan fingerprint density at radius 3 is 2.38 bits per heavy atom. The maximum absolute atomic E-state index is 9.88. The molecule has 0 aromatic carbocycles. The second kappa shape index (κ2) is 6.67. The Morgan fingerprint density at radius 1 is 1.31 bits per heavy atom. The number of halogens is 1. The van der Waals surface area contributed by atoms with Crippen molar-refractivity contribution >= 4 is 11.6 Å². The summed E-state index contributed by atoms with van der Waals surface area (Å²) in [5.41, 5.74) is 0.0576. The van der Waals surface area contributed by atoms with Gasteiger partial charge in [0.2, 0.25) is 0 Å². The summed E-state index contributed by atoms with van der Waals surface area (Å²) in [7, 11) is 0. The van der Waals surface area contributed by atoms with Gasteiger partial charge in [-0.15, -0.1) is 11.6 Å². The Labute approximate surface area is 87.5 Å². The van der Waals surface area contributed by atoms with Crippen molar-refractivity contribution in [2.24, 2.45) is 5.41 Å². The van der Waals surface area contributed by atoms with Gasteiger partial charge in [-0.1, -0.05) is 33.6 Å². The van der Waals surface area contributed by atoms with Crippen LogP contribution in [0.25, 0.3) is 0 Å². The first-order valence-electron chi connectivity index (χ1n) is 5.28. The van der Waals surface area contributed by atoms with Crippen LogP contribution >= 0.6 is 11.6 Å². The predicted molar refractivity (Wildman–Crippen MR) is 59.3 cm³/mol. The largest absolute Gasteiger partial charge is 0.393 e. The standard InChI is InChI=1S/C11H23ClO/c1-4-5-8-11(2,3)10(13)7-6-9-12/h10,13H,4-9H2,1-3H3/t10-/m1/s1. The third-order valence-electron chi connectivity index (χ3n) is 2.69. The van der Waals surface area contributed by atoms with Gasteiger partial charge in [0, 0.05) is 5.88 Å². The summed E-state index contributed by atoms with van der Waals surface area (Å²) < 4.78 is 0. The Bertz CT molecular complexity index is 123. The number of hydrogen-bond donors (Lipinski definition) is 1. The van der Waals surface area contributed by atoms with Crippen LogP contribution in [0.5, 0.6) is 0 Å². The van der Waals surface area contributed by atoms with Crippen molar-refractivity contribution in [3.63, 3.8) is 0 Å². The predicted octanol–water partition coefficient (Wildman–Crippen LogP) is 3.58. The molecule has 0 spiro atoms. The summed E-state index contributed by atoms with van der Waals surface area (Å²) >= 11 is 5.59. The maximum atomic E-state index is 9.88. The van der Waals surface area contributed by atoms with E-state index in [4.69, 9.17) is 11.6 Å². The molecule has 80 valence electrons. The Kier molecular flexibility index (Phi) is 6.79. The van der Waals surface area contributed by atoms with E-state index in [0.717, 1.165) is 19.3 Å². The molecule has 0 fully saturated rings. The zero-order valence-electron chi connectivity index (χ0n) is 9.15. The van der Waals surface area contributed by atoms with Gasteiger partial charge in [-0.25, -0.2) is 0 Å². The molecular weight excluding hydrogens is 184 g/mol. The highest BCUT2D eigenvalue weighted by atomic mass is 35.5. The van der Waals surface area contributed by atoms with Gasteiger partial charge in [-0.2, -0.15) is 0 Å². The summed E-state index contributed by atoms with van der Waals surface area (Å²) in [6, 6.07) is 0. The van der Waals surface area contributed by atoms with Crippen LogP contribution in [0.4, 0.5) is 0 Å². The average Bonchev–Trinajstić information content (AvgIpc) is 2.10. The van der Waals surface area contributed by atoms with Crippen molar-refractivity contribution in [2.75, 3.05) is 5.88 Å². The Hall–Kier alpha value is 0.250. The van der Waals surface area contributed by atoms with Crippen LogP contribution < -0.4 is 0 Å². The van der Waals surface area contributed by atoms with Crippen molar-refractivity contribution in [3.8, 4) is 0 Å². The van der Waals surface area contributed by atoms with Crippen LogP contribution in [-0.2, 0) is 0 Å². The van der Waals surface area contributed by atoms with E-state index in [9.17, 15) is 5.11 Å². The molecule has 0 amide bonds. The lowest BCUT2D eigenvalue weighted by Crippen LogP contribution is -2.29. The molecule has 0 bridgehead atoms. The number of hydrogen-bond acceptors (Lipinski definition) is 1. The number of rotatable bonds is 7. The van der Waals surface area contributed by atoms with E-state index in [1.54, 1.807) is 0 Å². The van der Waals surface area contributed by atoms with Gasteiger partial charge in [0.05, 0.1) is 6.10 Å². The second-order valence-electron chi connectivity index (χ2n) is 4.44. The molecular formula is C11H23ClO. The molecule has 0 aliphatic carbocycles. The fourth-order valence-electron chi connectivity index (χ4n) is 1.46. The minimum absolute atomic E-state index is 0.0576. The lowest BCUT2D eigenvalue weighted by atomic mass is 9.80. The first kappa shape index (κ1) is 13.2. The molecule has 0 aromatic heterocycles.